The molecule has 1 heterocycles. The minimum Gasteiger partial charge on any atom is -0.494 e. The second-order valence-electron chi connectivity index (χ2n) is 3.41. The summed E-state index contributed by atoms with van der Waals surface area (Å²) in [6.45, 7) is 4.90. The van der Waals surface area contributed by atoms with E-state index in [1.165, 1.54) is 0 Å². The number of nitrogens with one attached hydrogen (secondary N) is 1. The standard InChI is InChI=1S/C11H13ClN2OS/c1-4-13-11-14-9-8(15-3)5-7(12)6(2)10(9)16-11/h5H,4H2,1-3H3,(H,13,14). The molecule has 0 saturated carbocycles. The number of anilines is 1. The van der Waals surface area contributed by atoms with Gasteiger partial charge in [-0.1, -0.05) is 22.9 Å². The van der Waals surface area contributed by atoms with E-state index in [1.54, 1.807) is 18.4 Å². The molecule has 0 atom stereocenters. The van der Waals surface area contributed by atoms with Crippen LogP contribution in [-0.4, -0.2) is 18.6 Å². The van der Waals surface area contributed by atoms with Gasteiger partial charge in [0.05, 0.1) is 11.8 Å². The Morgan fingerprint density at radius 2 is 2.31 bits per heavy atom. The maximum atomic E-state index is 6.14. The number of thiazole rings is 1. The summed E-state index contributed by atoms with van der Waals surface area (Å²) in [6, 6.07) is 1.81. The SMILES string of the molecule is CCNc1nc2c(OC)cc(Cl)c(C)c2s1. The molecule has 0 unspecified atom stereocenters. The lowest BCUT2D eigenvalue weighted by molar-refractivity contribution is 0.419. The van der Waals surface area contributed by atoms with Gasteiger partial charge in [0.2, 0.25) is 0 Å². The van der Waals surface area contributed by atoms with Crippen molar-refractivity contribution in [1.82, 2.24) is 4.98 Å². The van der Waals surface area contributed by atoms with Crippen LogP contribution in [-0.2, 0) is 0 Å². The molecule has 5 heteroatoms. The Hall–Kier alpha value is -1.000. The number of methoxy groups -OCH3 is 1. The zero-order valence-corrected chi connectivity index (χ0v) is 11.0. The molecule has 0 fully saturated rings. The van der Waals surface area contributed by atoms with Crippen molar-refractivity contribution >= 4 is 38.3 Å². The van der Waals surface area contributed by atoms with Gasteiger partial charge in [0.15, 0.2) is 5.13 Å². The van der Waals surface area contributed by atoms with Crippen LogP contribution in [0.15, 0.2) is 6.07 Å². The van der Waals surface area contributed by atoms with Crippen LogP contribution in [0.3, 0.4) is 0 Å². The van der Waals surface area contributed by atoms with Crippen LogP contribution in [0.2, 0.25) is 5.02 Å². The van der Waals surface area contributed by atoms with Gasteiger partial charge in [-0.2, -0.15) is 0 Å². The monoisotopic (exact) mass is 256 g/mol. The summed E-state index contributed by atoms with van der Waals surface area (Å²) in [5, 5.41) is 4.83. The fourth-order valence-electron chi connectivity index (χ4n) is 1.52. The number of hydrogen-bond donors (Lipinski definition) is 1. The molecule has 0 aliphatic heterocycles. The Balaban J connectivity index is 2.68. The van der Waals surface area contributed by atoms with Crippen LogP contribution in [0.4, 0.5) is 5.13 Å². The Labute approximate surface area is 103 Å². The van der Waals surface area contributed by atoms with Crippen molar-refractivity contribution in [2.45, 2.75) is 13.8 Å². The average molecular weight is 257 g/mol. The van der Waals surface area contributed by atoms with Crippen LogP contribution in [0.25, 0.3) is 10.2 Å². The van der Waals surface area contributed by atoms with Gasteiger partial charge in [0.1, 0.15) is 11.3 Å². The molecule has 1 aromatic carbocycles. The lowest BCUT2D eigenvalue weighted by atomic mass is 10.2. The molecule has 0 spiro atoms. The van der Waals surface area contributed by atoms with Gasteiger partial charge in [-0.15, -0.1) is 0 Å². The second kappa shape index (κ2) is 4.47. The minimum atomic E-state index is 0.719. The first-order valence-electron chi connectivity index (χ1n) is 5.04. The van der Waals surface area contributed by atoms with Gasteiger partial charge < -0.3 is 10.1 Å². The van der Waals surface area contributed by atoms with Crippen molar-refractivity contribution in [2.75, 3.05) is 19.0 Å². The highest BCUT2D eigenvalue weighted by molar-refractivity contribution is 7.22. The van der Waals surface area contributed by atoms with Crippen LogP contribution in [0, 0.1) is 6.92 Å². The molecule has 86 valence electrons. The Morgan fingerprint density at radius 3 is 2.94 bits per heavy atom. The van der Waals surface area contributed by atoms with Crippen LogP contribution < -0.4 is 10.1 Å². The molecule has 2 rings (SSSR count). The van der Waals surface area contributed by atoms with Crippen molar-refractivity contribution in [2.24, 2.45) is 0 Å². The zero-order chi connectivity index (χ0) is 11.7. The van der Waals surface area contributed by atoms with Gasteiger partial charge in [-0.3, -0.25) is 0 Å². The third kappa shape index (κ3) is 1.83. The normalized spacial score (nSPS) is 10.8. The third-order valence-electron chi connectivity index (χ3n) is 2.37. The van der Waals surface area contributed by atoms with Gasteiger partial charge in [-0.05, 0) is 19.4 Å². The number of aromatic nitrogens is 1. The summed E-state index contributed by atoms with van der Waals surface area (Å²) in [5.74, 6) is 0.728. The number of halogens is 1. The molecular weight excluding hydrogens is 244 g/mol. The number of rotatable bonds is 3. The predicted molar refractivity (Wildman–Crippen MR) is 70.1 cm³/mol. The fraction of sp³-hybridized carbons (Fsp3) is 0.364. The molecule has 1 aromatic heterocycles. The molecule has 2 aromatic rings. The van der Waals surface area contributed by atoms with Gasteiger partial charge in [0.25, 0.3) is 0 Å². The largest absolute Gasteiger partial charge is 0.494 e. The van der Waals surface area contributed by atoms with Crippen LogP contribution in [0.5, 0.6) is 5.75 Å². The molecule has 0 aliphatic rings. The van der Waals surface area contributed by atoms with Gasteiger partial charge in [0, 0.05) is 17.6 Å². The smallest absolute Gasteiger partial charge is 0.183 e. The summed E-state index contributed by atoms with van der Waals surface area (Å²) in [4.78, 5) is 4.50. The highest BCUT2D eigenvalue weighted by atomic mass is 35.5. The number of fused-ring (bicyclic) bond motifs is 1. The van der Waals surface area contributed by atoms with E-state index in [0.717, 1.165) is 38.2 Å². The van der Waals surface area contributed by atoms with Crippen molar-refractivity contribution in [3.8, 4) is 5.75 Å². The van der Waals surface area contributed by atoms with E-state index < -0.39 is 0 Å². The molecular formula is C11H13ClN2OS. The van der Waals surface area contributed by atoms with Crippen molar-refractivity contribution in [3.05, 3.63) is 16.7 Å². The Kier molecular flexibility index (Phi) is 3.21. The van der Waals surface area contributed by atoms with E-state index in [9.17, 15) is 0 Å². The predicted octanol–water partition coefficient (Wildman–Crippen LogP) is 3.70. The summed E-state index contributed by atoms with van der Waals surface area (Å²) < 4.78 is 6.37. The lowest BCUT2D eigenvalue weighted by Gasteiger charge is -2.04. The first-order valence-corrected chi connectivity index (χ1v) is 6.24. The number of nitrogens with zero attached hydrogens (tertiary/aromatic N) is 1. The maximum absolute atomic E-state index is 6.14. The highest BCUT2D eigenvalue weighted by Crippen LogP contribution is 2.38. The number of ether oxygens (including phenoxy) is 1. The molecule has 0 radical (unpaired) electrons. The van der Waals surface area contributed by atoms with Crippen molar-refractivity contribution < 1.29 is 4.74 Å². The van der Waals surface area contributed by atoms with Crippen LogP contribution in [0.1, 0.15) is 12.5 Å². The molecule has 3 nitrogen and oxygen atoms in total. The fourth-order valence-corrected chi connectivity index (χ4v) is 2.83. The molecule has 0 aliphatic carbocycles. The minimum absolute atomic E-state index is 0.719. The summed E-state index contributed by atoms with van der Waals surface area (Å²) in [7, 11) is 1.63. The van der Waals surface area contributed by atoms with Gasteiger partial charge in [-0.25, -0.2) is 4.98 Å². The Morgan fingerprint density at radius 1 is 1.56 bits per heavy atom. The van der Waals surface area contributed by atoms with Crippen LogP contribution >= 0.6 is 22.9 Å². The molecule has 0 amide bonds. The van der Waals surface area contributed by atoms with E-state index in [1.807, 2.05) is 19.9 Å². The first-order chi connectivity index (χ1) is 7.67. The highest BCUT2D eigenvalue weighted by Gasteiger charge is 2.13. The number of aryl methyl sites for hydroxylation is 1. The number of benzene rings is 1. The van der Waals surface area contributed by atoms with E-state index in [-0.39, 0.29) is 0 Å². The molecule has 0 saturated heterocycles. The molecule has 16 heavy (non-hydrogen) atoms. The summed E-state index contributed by atoms with van der Waals surface area (Å²) in [5.41, 5.74) is 1.93. The van der Waals surface area contributed by atoms with E-state index in [2.05, 4.69) is 10.3 Å². The Bertz CT molecular complexity index is 524. The molecule has 1 N–H and O–H groups in total. The first kappa shape index (κ1) is 11.5. The van der Waals surface area contributed by atoms with Crippen molar-refractivity contribution in [3.63, 3.8) is 0 Å². The van der Waals surface area contributed by atoms with E-state index >= 15 is 0 Å². The van der Waals surface area contributed by atoms with E-state index in [4.69, 9.17) is 16.3 Å². The average Bonchev–Trinajstić information content (AvgIpc) is 2.68. The zero-order valence-electron chi connectivity index (χ0n) is 9.43. The topological polar surface area (TPSA) is 34.2 Å². The van der Waals surface area contributed by atoms with Gasteiger partial charge >= 0.3 is 0 Å². The lowest BCUT2D eigenvalue weighted by Crippen LogP contribution is -1.94. The third-order valence-corrected chi connectivity index (χ3v) is 3.89. The van der Waals surface area contributed by atoms with Crippen molar-refractivity contribution in [1.29, 1.82) is 0 Å². The molecule has 0 bridgehead atoms. The summed E-state index contributed by atoms with van der Waals surface area (Å²) >= 11 is 7.74. The maximum Gasteiger partial charge on any atom is 0.183 e. The number of hydrogen-bond acceptors (Lipinski definition) is 4. The second-order valence-corrected chi connectivity index (χ2v) is 4.82. The van der Waals surface area contributed by atoms with E-state index in [0.29, 0.717) is 0 Å². The quantitative estimate of drug-likeness (QED) is 0.909. The summed E-state index contributed by atoms with van der Waals surface area (Å²) in [6.07, 6.45) is 0.